The van der Waals surface area contributed by atoms with Crippen molar-refractivity contribution in [2.24, 2.45) is 5.73 Å². The molecule has 1 aromatic rings. The number of halogens is 1. The molecule has 110 valence electrons. The number of nitrogens with two attached hydrogens (primary N) is 1. The summed E-state index contributed by atoms with van der Waals surface area (Å²) in [6, 6.07) is 6.42. The molecule has 0 spiro atoms. The Bertz CT molecular complexity index is 501. The van der Waals surface area contributed by atoms with E-state index in [1.165, 1.54) is 5.56 Å². The van der Waals surface area contributed by atoms with E-state index in [-0.39, 0.29) is 24.0 Å². The van der Waals surface area contributed by atoms with Crippen LogP contribution >= 0.6 is 15.9 Å². The molecule has 2 atom stereocenters. The summed E-state index contributed by atoms with van der Waals surface area (Å²) in [4.78, 5) is 14.4. The van der Waals surface area contributed by atoms with E-state index in [1.54, 1.807) is 0 Å². The summed E-state index contributed by atoms with van der Waals surface area (Å²) in [5, 5.41) is 0. The molecule has 1 aliphatic heterocycles. The lowest BCUT2D eigenvalue weighted by Crippen LogP contribution is -2.45. The highest BCUT2D eigenvalue weighted by atomic mass is 79.9. The average molecular weight is 339 g/mol. The standard InChI is InChI=1S/C16H23BrN2O/c1-10(2)19-15(20)6-4-5-14(18)16(19)12-8-7-11(3)13(17)9-12/h7-10,14,16H,4-6,18H2,1-3H3. The zero-order chi connectivity index (χ0) is 14.9. The highest BCUT2D eigenvalue weighted by molar-refractivity contribution is 9.10. The summed E-state index contributed by atoms with van der Waals surface area (Å²) in [6.45, 7) is 6.19. The van der Waals surface area contributed by atoms with Crippen LogP contribution in [0.2, 0.25) is 0 Å². The summed E-state index contributed by atoms with van der Waals surface area (Å²) in [5.41, 5.74) is 8.70. The second-order valence-corrected chi connectivity index (χ2v) is 6.76. The van der Waals surface area contributed by atoms with Gasteiger partial charge in [-0.3, -0.25) is 4.79 Å². The highest BCUT2D eigenvalue weighted by Gasteiger charge is 2.34. The molecule has 2 N–H and O–H groups in total. The molecule has 0 radical (unpaired) electrons. The summed E-state index contributed by atoms with van der Waals surface area (Å²) in [6.07, 6.45) is 2.38. The van der Waals surface area contributed by atoms with Crippen molar-refractivity contribution in [2.75, 3.05) is 0 Å². The maximum absolute atomic E-state index is 12.4. The van der Waals surface area contributed by atoms with Crippen LogP contribution in [0.1, 0.15) is 50.3 Å². The number of hydrogen-bond acceptors (Lipinski definition) is 2. The number of amides is 1. The zero-order valence-electron chi connectivity index (χ0n) is 12.4. The molecule has 0 saturated carbocycles. The van der Waals surface area contributed by atoms with E-state index >= 15 is 0 Å². The molecule has 0 aliphatic carbocycles. The second kappa shape index (κ2) is 6.27. The van der Waals surface area contributed by atoms with Gasteiger partial charge in [-0.1, -0.05) is 28.1 Å². The van der Waals surface area contributed by atoms with Crippen molar-refractivity contribution in [1.82, 2.24) is 4.90 Å². The van der Waals surface area contributed by atoms with Gasteiger partial charge in [-0.15, -0.1) is 0 Å². The van der Waals surface area contributed by atoms with Gasteiger partial charge in [0.15, 0.2) is 0 Å². The summed E-state index contributed by atoms with van der Waals surface area (Å²) in [7, 11) is 0. The Kier molecular flexibility index (Phi) is 4.86. The average Bonchev–Trinajstić information content (AvgIpc) is 2.52. The molecule has 4 heteroatoms. The van der Waals surface area contributed by atoms with Crippen molar-refractivity contribution in [1.29, 1.82) is 0 Å². The Labute approximate surface area is 129 Å². The fourth-order valence-corrected chi connectivity index (χ4v) is 3.34. The lowest BCUT2D eigenvalue weighted by atomic mass is 9.95. The number of carbonyl (C=O) groups is 1. The maximum atomic E-state index is 12.4. The summed E-state index contributed by atoms with van der Waals surface area (Å²) >= 11 is 3.58. The summed E-state index contributed by atoms with van der Waals surface area (Å²) in [5.74, 6) is 0.217. The minimum absolute atomic E-state index is 0.00143. The predicted molar refractivity (Wildman–Crippen MR) is 85.4 cm³/mol. The molecule has 3 nitrogen and oxygen atoms in total. The van der Waals surface area contributed by atoms with E-state index in [2.05, 4.69) is 54.9 Å². The molecule has 1 saturated heterocycles. The normalized spacial score (nSPS) is 24.1. The number of carbonyl (C=O) groups excluding carboxylic acids is 1. The van der Waals surface area contributed by atoms with Gasteiger partial charge >= 0.3 is 0 Å². The van der Waals surface area contributed by atoms with E-state index < -0.39 is 0 Å². The third-order valence-electron chi connectivity index (χ3n) is 4.02. The first-order valence-electron chi connectivity index (χ1n) is 7.24. The Hall–Kier alpha value is -0.870. The van der Waals surface area contributed by atoms with Crippen LogP contribution in [0.4, 0.5) is 0 Å². The van der Waals surface area contributed by atoms with Crippen LogP contribution in [0, 0.1) is 6.92 Å². The first-order chi connectivity index (χ1) is 9.41. The van der Waals surface area contributed by atoms with E-state index in [0.29, 0.717) is 6.42 Å². The Morgan fingerprint density at radius 3 is 2.70 bits per heavy atom. The van der Waals surface area contributed by atoms with Crippen LogP contribution in [0.3, 0.4) is 0 Å². The van der Waals surface area contributed by atoms with Gasteiger partial charge < -0.3 is 10.6 Å². The molecule has 0 bridgehead atoms. The molecule has 0 aromatic heterocycles. The molecule has 1 heterocycles. The number of likely N-dealkylation sites (tertiary alicyclic amines) is 1. The molecule has 1 amide bonds. The Balaban J connectivity index is 2.45. The van der Waals surface area contributed by atoms with Gasteiger partial charge in [0.25, 0.3) is 0 Å². The first kappa shape index (κ1) is 15.5. The molecule has 2 unspecified atom stereocenters. The third-order valence-corrected chi connectivity index (χ3v) is 4.87. The van der Waals surface area contributed by atoms with Crippen LogP contribution in [0.15, 0.2) is 22.7 Å². The predicted octanol–water partition coefficient (Wildman–Crippen LogP) is 3.55. The first-order valence-corrected chi connectivity index (χ1v) is 8.04. The fraction of sp³-hybridized carbons (Fsp3) is 0.562. The summed E-state index contributed by atoms with van der Waals surface area (Å²) < 4.78 is 1.07. The van der Waals surface area contributed by atoms with Gasteiger partial charge in [-0.2, -0.15) is 0 Å². The molecule has 1 aromatic carbocycles. The molecular weight excluding hydrogens is 316 g/mol. The zero-order valence-corrected chi connectivity index (χ0v) is 14.0. The topological polar surface area (TPSA) is 46.3 Å². The minimum atomic E-state index is -0.0260. The van der Waals surface area contributed by atoms with Crippen LogP contribution < -0.4 is 5.73 Å². The molecule has 2 rings (SSSR count). The minimum Gasteiger partial charge on any atom is -0.332 e. The van der Waals surface area contributed by atoms with Gasteiger partial charge in [0.05, 0.1) is 6.04 Å². The molecule has 20 heavy (non-hydrogen) atoms. The van der Waals surface area contributed by atoms with E-state index in [4.69, 9.17) is 5.73 Å². The lowest BCUT2D eigenvalue weighted by molar-refractivity contribution is -0.135. The highest BCUT2D eigenvalue weighted by Crippen LogP contribution is 2.33. The van der Waals surface area contributed by atoms with Crippen LogP contribution in [-0.2, 0) is 4.79 Å². The van der Waals surface area contributed by atoms with Crippen molar-refractivity contribution in [2.45, 2.75) is 58.2 Å². The van der Waals surface area contributed by atoms with Gasteiger partial charge in [-0.05, 0) is 50.8 Å². The Morgan fingerprint density at radius 1 is 1.40 bits per heavy atom. The smallest absolute Gasteiger partial charge is 0.223 e. The Morgan fingerprint density at radius 2 is 2.10 bits per heavy atom. The van der Waals surface area contributed by atoms with Gasteiger partial charge in [0, 0.05) is 23.0 Å². The van der Waals surface area contributed by atoms with Gasteiger partial charge in [-0.25, -0.2) is 0 Å². The van der Waals surface area contributed by atoms with Crippen molar-refractivity contribution in [3.63, 3.8) is 0 Å². The van der Waals surface area contributed by atoms with E-state index in [9.17, 15) is 4.79 Å². The van der Waals surface area contributed by atoms with Gasteiger partial charge in [0.1, 0.15) is 0 Å². The van der Waals surface area contributed by atoms with Crippen molar-refractivity contribution < 1.29 is 4.79 Å². The molecule has 1 aliphatic rings. The fourth-order valence-electron chi connectivity index (χ4n) is 2.95. The van der Waals surface area contributed by atoms with Crippen molar-refractivity contribution >= 4 is 21.8 Å². The van der Waals surface area contributed by atoms with Crippen molar-refractivity contribution in [3.8, 4) is 0 Å². The van der Waals surface area contributed by atoms with Crippen molar-refractivity contribution in [3.05, 3.63) is 33.8 Å². The number of rotatable bonds is 2. The molecular formula is C16H23BrN2O. The molecule has 1 fully saturated rings. The number of nitrogens with zero attached hydrogens (tertiary/aromatic N) is 1. The van der Waals surface area contributed by atoms with Crippen LogP contribution in [0.25, 0.3) is 0 Å². The quantitative estimate of drug-likeness (QED) is 0.896. The number of aryl methyl sites for hydroxylation is 1. The lowest BCUT2D eigenvalue weighted by Gasteiger charge is -2.37. The van der Waals surface area contributed by atoms with E-state index in [1.807, 2.05) is 4.90 Å². The number of benzene rings is 1. The maximum Gasteiger partial charge on any atom is 0.223 e. The van der Waals surface area contributed by atoms with Gasteiger partial charge in [0.2, 0.25) is 5.91 Å². The third kappa shape index (κ3) is 3.07. The second-order valence-electron chi connectivity index (χ2n) is 5.90. The number of hydrogen-bond donors (Lipinski definition) is 1. The van der Waals surface area contributed by atoms with Crippen LogP contribution in [0.5, 0.6) is 0 Å². The monoisotopic (exact) mass is 338 g/mol. The van der Waals surface area contributed by atoms with Crippen LogP contribution in [-0.4, -0.2) is 22.9 Å². The van der Waals surface area contributed by atoms with E-state index in [0.717, 1.165) is 22.9 Å². The largest absolute Gasteiger partial charge is 0.332 e. The SMILES string of the molecule is Cc1ccc(C2C(N)CCCC(=O)N2C(C)C)cc1Br.